The van der Waals surface area contributed by atoms with E-state index in [0.29, 0.717) is 0 Å². The molecule has 3 unspecified atom stereocenters. The molecule has 0 bridgehead atoms. The van der Waals surface area contributed by atoms with Gasteiger partial charge in [0.05, 0.1) is 0 Å². The maximum Gasteiger partial charge on any atom is 0.132 e. The largest absolute Gasteiger partial charge is 0.299 e. The summed E-state index contributed by atoms with van der Waals surface area (Å²) in [5, 5.41) is 2.85. The molecule has 1 aliphatic heterocycles. The summed E-state index contributed by atoms with van der Waals surface area (Å²) in [6.07, 6.45) is 0.0186. The standard InChI is InChI=1S/C6H11ClFN/c1-4-2-3-9-6(7)5(4)8/h4-6,9H,2-3H2,1H3. The predicted octanol–water partition coefficient (Wildman–Crippen LogP) is 1.52. The average Bonchev–Trinajstić information content (AvgIpc) is 1.83. The van der Waals surface area contributed by atoms with Gasteiger partial charge in [-0.2, -0.15) is 0 Å². The smallest absolute Gasteiger partial charge is 0.132 e. The zero-order chi connectivity index (χ0) is 6.85. The molecule has 0 saturated carbocycles. The Morgan fingerprint density at radius 1 is 1.67 bits per heavy atom. The van der Waals surface area contributed by atoms with Crippen LogP contribution in [0.2, 0.25) is 0 Å². The molecule has 0 aromatic heterocycles. The molecule has 54 valence electrons. The normalized spacial score (nSPS) is 45.0. The molecule has 1 heterocycles. The van der Waals surface area contributed by atoms with Crippen molar-refractivity contribution in [1.29, 1.82) is 0 Å². The molecule has 0 aliphatic carbocycles. The first-order valence-electron chi connectivity index (χ1n) is 3.23. The third-order valence-electron chi connectivity index (χ3n) is 1.76. The van der Waals surface area contributed by atoms with Crippen molar-refractivity contribution in [2.24, 2.45) is 5.92 Å². The summed E-state index contributed by atoms with van der Waals surface area (Å²) in [4.78, 5) is 0. The Balaban J connectivity index is 2.41. The van der Waals surface area contributed by atoms with Crippen LogP contribution in [0.1, 0.15) is 13.3 Å². The molecule has 1 N–H and O–H groups in total. The van der Waals surface area contributed by atoms with E-state index < -0.39 is 11.7 Å². The Labute approximate surface area is 59.6 Å². The van der Waals surface area contributed by atoms with Crippen LogP contribution in [0.15, 0.2) is 0 Å². The van der Waals surface area contributed by atoms with Crippen molar-refractivity contribution in [1.82, 2.24) is 5.32 Å². The second-order valence-corrected chi connectivity index (χ2v) is 3.04. The van der Waals surface area contributed by atoms with Crippen LogP contribution in [-0.2, 0) is 0 Å². The van der Waals surface area contributed by atoms with E-state index in [4.69, 9.17) is 11.6 Å². The first kappa shape index (κ1) is 7.29. The highest BCUT2D eigenvalue weighted by Crippen LogP contribution is 2.21. The fraction of sp³-hybridized carbons (Fsp3) is 1.00. The molecule has 0 aromatic carbocycles. The minimum absolute atomic E-state index is 0.119. The molecular weight excluding hydrogens is 141 g/mol. The highest BCUT2D eigenvalue weighted by molar-refractivity contribution is 6.20. The second kappa shape index (κ2) is 2.84. The quantitative estimate of drug-likeness (QED) is 0.409. The monoisotopic (exact) mass is 151 g/mol. The van der Waals surface area contributed by atoms with Crippen LogP contribution in [0.5, 0.6) is 0 Å². The highest BCUT2D eigenvalue weighted by Gasteiger charge is 2.28. The summed E-state index contributed by atoms with van der Waals surface area (Å²) >= 11 is 5.58. The topological polar surface area (TPSA) is 12.0 Å². The number of hydrogen-bond acceptors (Lipinski definition) is 1. The molecule has 1 fully saturated rings. The lowest BCUT2D eigenvalue weighted by molar-refractivity contribution is 0.176. The molecule has 9 heavy (non-hydrogen) atoms. The Morgan fingerprint density at radius 2 is 2.33 bits per heavy atom. The van der Waals surface area contributed by atoms with Gasteiger partial charge in [0.1, 0.15) is 11.7 Å². The van der Waals surface area contributed by atoms with Gasteiger partial charge < -0.3 is 0 Å². The van der Waals surface area contributed by atoms with E-state index in [0.717, 1.165) is 13.0 Å². The van der Waals surface area contributed by atoms with E-state index in [1.165, 1.54) is 0 Å². The summed E-state index contributed by atoms with van der Waals surface area (Å²) in [6, 6.07) is 0. The Kier molecular flexibility index (Phi) is 2.30. The molecule has 0 radical (unpaired) electrons. The van der Waals surface area contributed by atoms with Crippen LogP contribution < -0.4 is 5.32 Å². The average molecular weight is 152 g/mol. The fourth-order valence-corrected chi connectivity index (χ4v) is 1.37. The molecule has 1 aliphatic rings. The van der Waals surface area contributed by atoms with Gasteiger partial charge in [0.15, 0.2) is 0 Å². The summed E-state index contributed by atoms with van der Waals surface area (Å²) in [5.41, 5.74) is -0.464. The summed E-state index contributed by atoms with van der Waals surface area (Å²) in [5.74, 6) is 0.119. The van der Waals surface area contributed by atoms with E-state index in [1.807, 2.05) is 6.92 Å². The molecule has 1 saturated heterocycles. The molecular formula is C6H11ClFN. The minimum Gasteiger partial charge on any atom is -0.299 e. The molecule has 0 amide bonds. The van der Waals surface area contributed by atoms with E-state index >= 15 is 0 Å². The first-order valence-corrected chi connectivity index (χ1v) is 3.67. The molecule has 3 atom stereocenters. The van der Waals surface area contributed by atoms with Crippen LogP contribution in [0.3, 0.4) is 0 Å². The Hall–Kier alpha value is 0.180. The summed E-state index contributed by atoms with van der Waals surface area (Å²) in [6.45, 7) is 2.73. The third-order valence-corrected chi connectivity index (χ3v) is 2.16. The van der Waals surface area contributed by atoms with Crippen LogP contribution in [0.4, 0.5) is 4.39 Å². The summed E-state index contributed by atoms with van der Waals surface area (Å²) < 4.78 is 12.8. The predicted molar refractivity (Wildman–Crippen MR) is 36.3 cm³/mol. The van der Waals surface area contributed by atoms with Gasteiger partial charge in [0, 0.05) is 0 Å². The van der Waals surface area contributed by atoms with Gasteiger partial charge >= 0.3 is 0 Å². The molecule has 1 nitrogen and oxygen atoms in total. The van der Waals surface area contributed by atoms with Gasteiger partial charge in [-0.3, -0.25) is 5.32 Å². The van der Waals surface area contributed by atoms with Crippen LogP contribution in [0, 0.1) is 5.92 Å². The van der Waals surface area contributed by atoms with Crippen LogP contribution >= 0.6 is 11.6 Å². The molecule has 0 aromatic rings. The maximum atomic E-state index is 12.8. The van der Waals surface area contributed by atoms with Gasteiger partial charge in [-0.15, -0.1) is 11.6 Å². The van der Waals surface area contributed by atoms with E-state index in [1.54, 1.807) is 0 Å². The maximum absolute atomic E-state index is 12.8. The molecule has 1 rings (SSSR count). The van der Waals surface area contributed by atoms with E-state index in [9.17, 15) is 4.39 Å². The van der Waals surface area contributed by atoms with E-state index in [-0.39, 0.29) is 5.92 Å². The lowest BCUT2D eigenvalue weighted by atomic mass is 9.99. The van der Waals surface area contributed by atoms with Gasteiger partial charge in [-0.25, -0.2) is 4.39 Å². The Morgan fingerprint density at radius 3 is 2.78 bits per heavy atom. The number of alkyl halides is 2. The SMILES string of the molecule is CC1CCNC(Cl)C1F. The minimum atomic E-state index is -0.875. The van der Waals surface area contributed by atoms with Crippen molar-refractivity contribution < 1.29 is 4.39 Å². The summed E-state index contributed by atoms with van der Waals surface area (Å²) in [7, 11) is 0. The molecule has 0 spiro atoms. The Bertz CT molecular complexity index is 89.1. The number of halogens is 2. The number of hydrogen-bond donors (Lipinski definition) is 1. The van der Waals surface area contributed by atoms with Gasteiger partial charge in [0.25, 0.3) is 0 Å². The van der Waals surface area contributed by atoms with Crippen molar-refractivity contribution in [3.05, 3.63) is 0 Å². The lowest BCUT2D eigenvalue weighted by Crippen LogP contribution is -2.43. The highest BCUT2D eigenvalue weighted by atomic mass is 35.5. The number of nitrogens with one attached hydrogen (secondary N) is 1. The second-order valence-electron chi connectivity index (χ2n) is 2.57. The van der Waals surface area contributed by atoms with Gasteiger partial charge in [0.2, 0.25) is 0 Å². The van der Waals surface area contributed by atoms with Gasteiger partial charge in [-0.1, -0.05) is 6.92 Å². The number of rotatable bonds is 0. The lowest BCUT2D eigenvalue weighted by Gasteiger charge is -2.27. The number of piperidine rings is 1. The zero-order valence-corrected chi connectivity index (χ0v) is 6.16. The van der Waals surface area contributed by atoms with Crippen LogP contribution in [-0.4, -0.2) is 18.2 Å². The van der Waals surface area contributed by atoms with Crippen LogP contribution in [0.25, 0.3) is 0 Å². The van der Waals surface area contributed by atoms with Crippen molar-refractivity contribution >= 4 is 11.6 Å². The van der Waals surface area contributed by atoms with Gasteiger partial charge in [-0.05, 0) is 18.9 Å². The first-order chi connectivity index (χ1) is 4.22. The van der Waals surface area contributed by atoms with Crippen molar-refractivity contribution in [2.75, 3.05) is 6.54 Å². The van der Waals surface area contributed by atoms with Crippen molar-refractivity contribution in [3.8, 4) is 0 Å². The fourth-order valence-electron chi connectivity index (χ4n) is 1.01. The molecule has 3 heteroatoms. The third kappa shape index (κ3) is 1.55. The van der Waals surface area contributed by atoms with E-state index in [2.05, 4.69) is 5.32 Å². The van der Waals surface area contributed by atoms with Crippen molar-refractivity contribution in [2.45, 2.75) is 25.0 Å². The zero-order valence-electron chi connectivity index (χ0n) is 5.40. The van der Waals surface area contributed by atoms with Crippen molar-refractivity contribution in [3.63, 3.8) is 0 Å².